The molecule has 1 amide bonds. The first-order chi connectivity index (χ1) is 8.66. The fourth-order valence-electron chi connectivity index (χ4n) is 2.36. The highest BCUT2D eigenvalue weighted by Crippen LogP contribution is 2.22. The number of nitrogens with zero attached hydrogens (tertiary/aromatic N) is 1. The maximum atomic E-state index is 12.1. The lowest BCUT2D eigenvalue weighted by Gasteiger charge is -2.21. The first-order valence-corrected chi connectivity index (χ1v) is 6.98. The number of nitrogens with one attached hydrogen (secondary N) is 1. The molecule has 18 heavy (non-hydrogen) atoms. The van der Waals surface area contributed by atoms with Crippen LogP contribution in [0, 0.1) is 6.92 Å². The monoisotopic (exact) mass is 266 g/mol. The summed E-state index contributed by atoms with van der Waals surface area (Å²) in [6, 6.07) is 3.63. The third-order valence-electron chi connectivity index (χ3n) is 3.41. The van der Waals surface area contributed by atoms with Gasteiger partial charge in [0.05, 0.1) is 5.38 Å². The predicted octanol–water partition coefficient (Wildman–Crippen LogP) is 3.06. The maximum Gasteiger partial charge on any atom is 0.251 e. The largest absolute Gasteiger partial charge is 0.348 e. The molecule has 98 valence electrons. The Bertz CT molecular complexity index is 422. The molecule has 2 rings (SSSR count). The van der Waals surface area contributed by atoms with E-state index < -0.39 is 0 Å². The quantitative estimate of drug-likeness (QED) is 0.660. The number of carbonyl (C=O) groups is 1. The van der Waals surface area contributed by atoms with Gasteiger partial charge >= 0.3 is 0 Å². The summed E-state index contributed by atoms with van der Waals surface area (Å²) in [5, 5.41) is 3.11. The van der Waals surface area contributed by atoms with Crippen molar-refractivity contribution in [2.24, 2.45) is 0 Å². The minimum absolute atomic E-state index is 0.0435. The number of pyridine rings is 1. The molecule has 0 spiro atoms. The Morgan fingerprint density at radius 3 is 2.94 bits per heavy atom. The molecule has 0 saturated heterocycles. The van der Waals surface area contributed by atoms with E-state index in [0.29, 0.717) is 5.56 Å². The van der Waals surface area contributed by atoms with Crippen LogP contribution in [0.5, 0.6) is 0 Å². The van der Waals surface area contributed by atoms with E-state index in [0.717, 1.165) is 31.4 Å². The summed E-state index contributed by atoms with van der Waals surface area (Å²) in [6.07, 6.45) is 7.14. The summed E-state index contributed by atoms with van der Waals surface area (Å²) in [5.41, 5.74) is 1.52. The first-order valence-electron chi connectivity index (χ1n) is 6.54. The van der Waals surface area contributed by atoms with Crippen molar-refractivity contribution in [2.75, 3.05) is 0 Å². The Labute approximate surface area is 113 Å². The summed E-state index contributed by atoms with van der Waals surface area (Å²) >= 11 is 6.32. The molecule has 1 N–H and O–H groups in total. The zero-order valence-corrected chi connectivity index (χ0v) is 11.4. The van der Waals surface area contributed by atoms with E-state index in [4.69, 9.17) is 11.6 Å². The molecule has 1 saturated carbocycles. The third-order valence-corrected chi connectivity index (χ3v) is 3.93. The number of halogens is 1. The van der Waals surface area contributed by atoms with E-state index >= 15 is 0 Å². The van der Waals surface area contributed by atoms with Gasteiger partial charge in [-0.25, -0.2) is 0 Å². The second-order valence-electron chi connectivity index (χ2n) is 4.92. The Morgan fingerprint density at radius 1 is 1.39 bits per heavy atom. The molecule has 0 bridgehead atoms. The SMILES string of the molecule is Cc1cc(C(=O)NC2CCCCCC2Cl)ccn1. The van der Waals surface area contributed by atoms with Gasteiger partial charge in [0.15, 0.2) is 0 Å². The minimum Gasteiger partial charge on any atom is -0.348 e. The van der Waals surface area contributed by atoms with Crippen molar-refractivity contribution in [1.82, 2.24) is 10.3 Å². The number of aryl methyl sites for hydroxylation is 1. The van der Waals surface area contributed by atoms with E-state index in [1.54, 1.807) is 18.3 Å². The number of amides is 1. The zero-order chi connectivity index (χ0) is 13.0. The van der Waals surface area contributed by atoms with Crippen LogP contribution in [0.15, 0.2) is 18.3 Å². The van der Waals surface area contributed by atoms with E-state index in [-0.39, 0.29) is 17.3 Å². The number of carbonyl (C=O) groups excluding carboxylic acids is 1. The number of hydrogen-bond acceptors (Lipinski definition) is 2. The molecular formula is C14H19ClN2O. The van der Waals surface area contributed by atoms with Gasteiger partial charge in [-0.2, -0.15) is 0 Å². The Morgan fingerprint density at radius 2 is 2.17 bits per heavy atom. The van der Waals surface area contributed by atoms with Crippen LogP contribution in [0.25, 0.3) is 0 Å². The fourth-order valence-corrected chi connectivity index (χ4v) is 2.71. The van der Waals surface area contributed by atoms with Crippen LogP contribution in [-0.4, -0.2) is 22.3 Å². The smallest absolute Gasteiger partial charge is 0.251 e. The zero-order valence-electron chi connectivity index (χ0n) is 10.7. The molecule has 2 atom stereocenters. The minimum atomic E-state index is -0.0435. The Kier molecular flexibility index (Phi) is 4.59. The molecule has 0 radical (unpaired) electrons. The van der Waals surface area contributed by atoms with E-state index in [2.05, 4.69) is 10.3 Å². The molecule has 1 heterocycles. The molecule has 2 unspecified atom stereocenters. The average molecular weight is 267 g/mol. The van der Waals surface area contributed by atoms with Crippen LogP contribution >= 0.6 is 11.6 Å². The lowest BCUT2D eigenvalue weighted by atomic mass is 10.1. The van der Waals surface area contributed by atoms with Gasteiger partial charge in [0, 0.05) is 23.5 Å². The van der Waals surface area contributed by atoms with Crippen molar-refractivity contribution in [3.63, 3.8) is 0 Å². The number of alkyl halides is 1. The van der Waals surface area contributed by atoms with Gasteiger partial charge in [0.1, 0.15) is 0 Å². The summed E-state index contributed by atoms with van der Waals surface area (Å²) < 4.78 is 0. The summed E-state index contributed by atoms with van der Waals surface area (Å²) in [6.45, 7) is 1.88. The van der Waals surface area contributed by atoms with Gasteiger partial charge in [-0.05, 0) is 31.9 Å². The molecule has 3 nitrogen and oxygen atoms in total. The van der Waals surface area contributed by atoms with Crippen LogP contribution in [0.3, 0.4) is 0 Å². The molecule has 0 aromatic carbocycles. The summed E-state index contributed by atoms with van der Waals surface area (Å²) in [4.78, 5) is 16.2. The highest BCUT2D eigenvalue weighted by molar-refractivity contribution is 6.21. The summed E-state index contributed by atoms with van der Waals surface area (Å²) in [7, 11) is 0. The first kappa shape index (κ1) is 13.3. The van der Waals surface area contributed by atoms with Crippen LogP contribution < -0.4 is 5.32 Å². The predicted molar refractivity (Wildman–Crippen MR) is 73.0 cm³/mol. The molecule has 1 aliphatic carbocycles. The average Bonchev–Trinajstić information content (AvgIpc) is 2.55. The topological polar surface area (TPSA) is 42.0 Å². The Hall–Kier alpha value is -1.09. The Balaban J connectivity index is 2.01. The van der Waals surface area contributed by atoms with Gasteiger partial charge in [-0.1, -0.05) is 19.3 Å². The van der Waals surface area contributed by atoms with Gasteiger partial charge < -0.3 is 5.32 Å². The molecule has 4 heteroatoms. The standard InChI is InChI=1S/C14H19ClN2O/c1-10-9-11(7-8-16-10)14(18)17-13-6-4-2-3-5-12(13)15/h7-9,12-13H,2-6H2,1H3,(H,17,18). The van der Waals surface area contributed by atoms with E-state index in [9.17, 15) is 4.79 Å². The van der Waals surface area contributed by atoms with Crippen molar-refractivity contribution in [3.8, 4) is 0 Å². The normalized spacial score (nSPS) is 24.3. The van der Waals surface area contributed by atoms with E-state index in [1.165, 1.54) is 6.42 Å². The van der Waals surface area contributed by atoms with Crippen LogP contribution in [0.4, 0.5) is 0 Å². The molecule has 1 aromatic heterocycles. The van der Waals surface area contributed by atoms with Crippen LogP contribution in [0.1, 0.15) is 48.2 Å². The molecule has 0 aliphatic heterocycles. The second-order valence-corrected chi connectivity index (χ2v) is 5.48. The summed E-state index contributed by atoms with van der Waals surface area (Å²) in [5.74, 6) is -0.0435. The van der Waals surface area contributed by atoms with E-state index in [1.807, 2.05) is 6.92 Å². The maximum absolute atomic E-state index is 12.1. The van der Waals surface area contributed by atoms with Crippen LogP contribution in [0.2, 0.25) is 0 Å². The molecule has 1 aromatic rings. The second kappa shape index (κ2) is 6.19. The van der Waals surface area contributed by atoms with Crippen molar-refractivity contribution in [2.45, 2.75) is 50.4 Å². The van der Waals surface area contributed by atoms with Crippen LogP contribution in [-0.2, 0) is 0 Å². The van der Waals surface area contributed by atoms with Crippen molar-refractivity contribution >= 4 is 17.5 Å². The van der Waals surface area contributed by atoms with Crippen molar-refractivity contribution in [3.05, 3.63) is 29.6 Å². The number of aromatic nitrogens is 1. The molecular weight excluding hydrogens is 248 g/mol. The van der Waals surface area contributed by atoms with Gasteiger partial charge in [0.25, 0.3) is 5.91 Å². The van der Waals surface area contributed by atoms with Crippen molar-refractivity contribution in [1.29, 1.82) is 0 Å². The molecule has 1 aliphatic rings. The highest BCUT2D eigenvalue weighted by Gasteiger charge is 2.23. The highest BCUT2D eigenvalue weighted by atomic mass is 35.5. The fraction of sp³-hybridized carbons (Fsp3) is 0.571. The molecule has 1 fully saturated rings. The van der Waals surface area contributed by atoms with Gasteiger partial charge in [-0.3, -0.25) is 9.78 Å². The van der Waals surface area contributed by atoms with Gasteiger partial charge in [-0.15, -0.1) is 11.6 Å². The number of hydrogen-bond donors (Lipinski definition) is 1. The van der Waals surface area contributed by atoms with Gasteiger partial charge in [0.2, 0.25) is 0 Å². The lowest BCUT2D eigenvalue weighted by Crippen LogP contribution is -2.40. The number of rotatable bonds is 2. The third kappa shape index (κ3) is 3.45. The lowest BCUT2D eigenvalue weighted by molar-refractivity contribution is 0.0934. The van der Waals surface area contributed by atoms with Crippen molar-refractivity contribution < 1.29 is 4.79 Å².